The Morgan fingerprint density at radius 3 is 2.58 bits per heavy atom. The molecule has 1 rings (SSSR count). The van der Waals surface area contributed by atoms with Gasteiger partial charge in [0.2, 0.25) is 5.91 Å². The van der Waals surface area contributed by atoms with Gasteiger partial charge in [0.15, 0.2) is 0 Å². The molecular formula is C16H31NO2. The van der Waals surface area contributed by atoms with Crippen LogP contribution < -0.4 is 5.32 Å². The summed E-state index contributed by atoms with van der Waals surface area (Å²) < 4.78 is 0. The van der Waals surface area contributed by atoms with Crippen molar-refractivity contribution in [3.63, 3.8) is 0 Å². The van der Waals surface area contributed by atoms with Gasteiger partial charge >= 0.3 is 0 Å². The summed E-state index contributed by atoms with van der Waals surface area (Å²) in [7, 11) is 0. The number of hydrogen-bond acceptors (Lipinski definition) is 2. The largest absolute Gasteiger partial charge is 0.396 e. The van der Waals surface area contributed by atoms with Crippen LogP contribution in [0.2, 0.25) is 0 Å². The summed E-state index contributed by atoms with van der Waals surface area (Å²) in [4.78, 5) is 12.0. The normalized spacial score (nSPS) is 18.5. The third kappa shape index (κ3) is 6.42. The Morgan fingerprint density at radius 2 is 2.00 bits per heavy atom. The third-order valence-corrected chi connectivity index (χ3v) is 4.37. The van der Waals surface area contributed by atoms with E-state index in [1.165, 1.54) is 25.7 Å². The molecule has 0 radical (unpaired) electrons. The lowest BCUT2D eigenvalue weighted by molar-refractivity contribution is -0.125. The Kier molecular flexibility index (Phi) is 6.84. The third-order valence-electron chi connectivity index (χ3n) is 4.37. The predicted molar refractivity (Wildman–Crippen MR) is 78.8 cm³/mol. The minimum atomic E-state index is -0.0276. The Bertz CT molecular complexity index is 270. The maximum absolute atomic E-state index is 12.0. The van der Waals surface area contributed by atoms with E-state index in [2.05, 4.69) is 19.2 Å². The van der Waals surface area contributed by atoms with Crippen molar-refractivity contribution in [3.8, 4) is 0 Å². The number of amides is 1. The van der Waals surface area contributed by atoms with Crippen molar-refractivity contribution < 1.29 is 9.90 Å². The molecule has 3 heteroatoms. The summed E-state index contributed by atoms with van der Waals surface area (Å²) in [5.41, 5.74) is -0.0276. The minimum Gasteiger partial charge on any atom is -0.396 e. The highest BCUT2D eigenvalue weighted by Crippen LogP contribution is 2.30. The van der Waals surface area contributed by atoms with E-state index >= 15 is 0 Å². The number of hydrogen-bond donors (Lipinski definition) is 2. The first-order valence-corrected chi connectivity index (χ1v) is 7.83. The molecule has 0 bridgehead atoms. The number of nitrogens with one attached hydrogen (secondary N) is 1. The fraction of sp³-hybridized carbons (Fsp3) is 0.938. The van der Waals surface area contributed by atoms with Gasteiger partial charge in [0.25, 0.3) is 0 Å². The number of aliphatic hydroxyl groups is 1. The first-order valence-electron chi connectivity index (χ1n) is 7.83. The topological polar surface area (TPSA) is 49.3 Å². The zero-order chi connectivity index (χ0) is 14.3. The van der Waals surface area contributed by atoms with Crippen molar-refractivity contribution in [1.82, 2.24) is 5.32 Å². The van der Waals surface area contributed by atoms with Crippen LogP contribution in [0.3, 0.4) is 0 Å². The molecule has 1 fully saturated rings. The molecule has 0 aromatic carbocycles. The van der Waals surface area contributed by atoms with Crippen molar-refractivity contribution in [2.45, 2.75) is 65.7 Å². The molecule has 1 aliphatic carbocycles. The van der Waals surface area contributed by atoms with Gasteiger partial charge in [-0.25, -0.2) is 0 Å². The predicted octanol–water partition coefficient (Wildman–Crippen LogP) is 3.12. The lowest BCUT2D eigenvalue weighted by Crippen LogP contribution is -2.31. The van der Waals surface area contributed by atoms with Crippen molar-refractivity contribution >= 4 is 5.91 Å². The van der Waals surface area contributed by atoms with Crippen LogP contribution in [0.4, 0.5) is 0 Å². The second kappa shape index (κ2) is 7.88. The minimum absolute atomic E-state index is 0.0276. The molecule has 1 aliphatic rings. The van der Waals surface area contributed by atoms with Crippen LogP contribution in [0.1, 0.15) is 65.7 Å². The van der Waals surface area contributed by atoms with Gasteiger partial charge in [-0.2, -0.15) is 0 Å². The van der Waals surface area contributed by atoms with E-state index in [1.807, 2.05) is 6.92 Å². The monoisotopic (exact) mass is 269 g/mol. The summed E-state index contributed by atoms with van der Waals surface area (Å²) in [5, 5.41) is 12.2. The molecule has 0 saturated heterocycles. The molecule has 0 aromatic heterocycles. The molecule has 1 unspecified atom stereocenters. The lowest BCUT2D eigenvalue weighted by atomic mass is 9.89. The maximum atomic E-state index is 12.0. The summed E-state index contributed by atoms with van der Waals surface area (Å²) in [5.74, 6) is 1.12. The smallest absolute Gasteiger partial charge is 0.222 e. The molecule has 1 amide bonds. The highest BCUT2D eigenvalue weighted by atomic mass is 16.3. The van der Waals surface area contributed by atoms with Gasteiger partial charge < -0.3 is 10.4 Å². The molecule has 3 nitrogen and oxygen atoms in total. The molecule has 0 aromatic rings. The SMILES string of the molecule is CC(CC1CCCC1)C(=O)NCCCC(C)(C)CO. The van der Waals surface area contributed by atoms with E-state index in [9.17, 15) is 4.79 Å². The van der Waals surface area contributed by atoms with Gasteiger partial charge in [-0.3, -0.25) is 4.79 Å². The van der Waals surface area contributed by atoms with Crippen LogP contribution in [0.15, 0.2) is 0 Å². The first-order chi connectivity index (χ1) is 8.94. The van der Waals surface area contributed by atoms with E-state index in [4.69, 9.17) is 5.11 Å². The summed E-state index contributed by atoms with van der Waals surface area (Å²) in [6.45, 7) is 7.09. The average Bonchev–Trinajstić information content (AvgIpc) is 2.87. The van der Waals surface area contributed by atoms with E-state index in [-0.39, 0.29) is 23.8 Å². The Labute approximate surface area is 118 Å². The highest BCUT2D eigenvalue weighted by Gasteiger charge is 2.22. The molecule has 1 atom stereocenters. The van der Waals surface area contributed by atoms with Gasteiger partial charge in [0.05, 0.1) is 0 Å². The van der Waals surface area contributed by atoms with Crippen LogP contribution in [0.5, 0.6) is 0 Å². The van der Waals surface area contributed by atoms with Crippen LogP contribution in [0.25, 0.3) is 0 Å². The molecule has 0 spiro atoms. The second-order valence-corrected chi connectivity index (χ2v) is 7.00. The van der Waals surface area contributed by atoms with Gasteiger partial charge in [0, 0.05) is 19.1 Å². The van der Waals surface area contributed by atoms with Crippen molar-refractivity contribution in [2.24, 2.45) is 17.3 Å². The Hall–Kier alpha value is -0.570. The molecule has 0 heterocycles. The van der Waals surface area contributed by atoms with E-state index < -0.39 is 0 Å². The zero-order valence-electron chi connectivity index (χ0n) is 12.9. The van der Waals surface area contributed by atoms with Crippen LogP contribution in [-0.4, -0.2) is 24.2 Å². The van der Waals surface area contributed by atoms with Crippen LogP contribution in [-0.2, 0) is 4.79 Å². The standard InChI is InChI=1S/C16H31NO2/c1-13(11-14-7-4-5-8-14)15(19)17-10-6-9-16(2,3)12-18/h13-14,18H,4-12H2,1-3H3,(H,17,19). The summed E-state index contributed by atoms with van der Waals surface area (Å²) in [6.07, 6.45) is 8.24. The number of carbonyl (C=O) groups is 1. The fourth-order valence-corrected chi connectivity index (χ4v) is 2.88. The molecule has 2 N–H and O–H groups in total. The quantitative estimate of drug-likeness (QED) is 0.665. The fourth-order valence-electron chi connectivity index (χ4n) is 2.88. The maximum Gasteiger partial charge on any atom is 0.222 e. The van der Waals surface area contributed by atoms with E-state index in [1.54, 1.807) is 0 Å². The van der Waals surface area contributed by atoms with Gasteiger partial charge in [-0.15, -0.1) is 0 Å². The number of rotatable bonds is 8. The van der Waals surface area contributed by atoms with Crippen LogP contribution >= 0.6 is 0 Å². The molecule has 0 aliphatic heterocycles. The molecular weight excluding hydrogens is 238 g/mol. The highest BCUT2D eigenvalue weighted by molar-refractivity contribution is 5.78. The Balaban J connectivity index is 2.12. The van der Waals surface area contributed by atoms with Crippen molar-refractivity contribution in [3.05, 3.63) is 0 Å². The average molecular weight is 269 g/mol. The van der Waals surface area contributed by atoms with E-state index in [0.29, 0.717) is 0 Å². The van der Waals surface area contributed by atoms with Gasteiger partial charge in [-0.1, -0.05) is 46.5 Å². The number of carbonyl (C=O) groups excluding carboxylic acids is 1. The first kappa shape index (κ1) is 16.5. The number of aliphatic hydroxyl groups excluding tert-OH is 1. The molecule has 19 heavy (non-hydrogen) atoms. The van der Waals surface area contributed by atoms with Crippen molar-refractivity contribution in [2.75, 3.05) is 13.2 Å². The molecule has 112 valence electrons. The Morgan fingerprint density at radius 1 is 1.37 bits per heavy atom. The second-order valence-electron chi connectivity index (χ2n) is 7.00. The summed E-state index contributed by atoms with van der Waals surface area (Å²) in [6, 6.07) is 0. The van der Waals surface area contributed by atoms with E-state index in [0.717, 1.165) is 31.7 Å². The lowest BCUT2D eigenvalue weighted by Gasteiger charge is -2.21. The van der Waals surface area contributed by atoms with Gasteiger partial charge in [-0.05, 0) is 30.6 Å². The summed E-state index contributed by atoms with van der Waals surface area (Å²) >= 11 is 0. The van der Waals surface area contributed by atoms with Crippen LogP contribution in [0, 0.1) is 17.3 Å². The molecule has 1 saturated carbocycles. The van der Waals surface area contributed by atoms with Crippen molar-refractivity contribution in [1.29, 1.82) is 0 Å². The zero-order valence-corrected chi connectivity index (χ0v) is 12.9. The van der Waals surface area contributed by atoms with Gasteiger partial charge in [0.1, 0.15) is 0 Å².